The average Bonchev–Trinajstić information content (AvgIpc) is 3.39. The number of amides is 1. The number of likely N-dealkylation sites (N-methyl/N-ethyl adjacent to an activating group) is 1. The number of carbonyl (C=O) groups excluding carboxylic acids is 1. The molecule has 0 radical (unpaired) electrons. The molecule has 4 rings (SSSR count). The smallest absolute Gasteiger partial charge is 0.253 e. The summed E-state index contributed by atoms with van der Waals surface area (Å²) in [7, 11) is -1.50. The second-order valence-electron chi connectivity index (χ2n) is 8.79. The molecule has 3 aliphatic rings. The number of sulfonamides is 1. The molecular weight excluding hydrogens is 392 g/mol. The number of rotatable bonds is 6. The highest BCUT2D eigenvalue weighted by atomic mass is 32.2. The Balaban J connectivity index is 1.48. The second kappa shape index (κ2) is 7.94. The number of nitrogens with zero attached hydrogens (tertiary/aromatic N) is 4. The van der Waals surface area contributed by atoms with Crippen LogP contribution in [-0.4, -0.2) is 91.1 Å². The molecule has 1 aromatic heterocycles. The van der Waals surface area contributed by atoms with E-state index in [2.05, 4.69) is 9.88 Å². The first-order chi connectivity index (χ1) is 13.7. The van der Waals surface area contributed by atoms with Crippen molar-refractivity contribution in [3.8, 4) is 0 Å². The number of morpholine rings is 1. The summed E-state index contributed by atoms with van der Waals surface area (Å²) in [5.74, 6) is 0.618. The van der Waals surface area contributed by atoms with Gasteiger partial charge in [-0.1, -0.05) is 6.07 Å². The van der Waals surface area contributed by atoms with Crippen LogP contribution in [0.1, 0.15) is 25.0 Å². The van der Waals surface area contributed by atoms with Crippen molar-refractivity contribution < 1.29 is 17.9 Å². The molecule has 0 unspecified atom stereocenters. The molecule has 0 N–H and O–H groups in total. The summed E-state index contributed by atoms with van der Waals surface area (Å²) in [6, 6.07) is 5.65. The number of aromatic nitrogens is 1. The van der Waals surface area contributed by atoms with Gasteiger partial charge in [0.15, 0.2) is 0 Å². The van der Waals surface area contributed by atoms with Crippen LogP contribution in [0.3, 0.4) is 0 Å². The van der Waals surface area contributed by atoms with Gasteiger partial charge in [-0.2, -0.15) is 4.31 Å². The maximum atomic E-state index is 13.2. The first-order valence-corrected chi connectivity index (χ1v) is 12.1. The lowest BCUT2D eigenvalue weighted by Crippen LogP contribution is -2.60. The highest BCUT2D eigenvalue weighted by molar-refractivity contribution is 7.88. The van der Waals surface area contributed by atoms with Gasteiger partial charge in [-0.15, -0.1) is 0 Å². The minimum Gasteiger partial charge on any atom is -0.358 e. The summed E-state index contributed by atoms with van der Waals surface area (Å²) in [5, 5.41) is 0. The molecule has 3 fully saturated rings. The highest BCUT2D eigenvalue weighted by Crippen LogP contribution is 2.36. The number of hydrogen-bond acceptors (Lipinski definition) is 6. The Hall–Kier alpha value is -1.55. The molecule has 3 heterocycles. The molecule has 2 saturated heterocycles. The molecule has 1 aliphatic carbocycles. The van der Waals surface area contributed by atoms with E-state index in [-0.39, 0.29) is 5.91 Å². The molecule has 1 spiro atoms. The summed E-state index contributed by atoms with van der Waals surface area (Å²) in [6.07, 6.45) is 5.45. The minimum atomic E-state index is -3.27. The van der Waals surface area contributed by atoms with Crippen molar-refractivity contribution in [2.45, 2.75) is 37.5 Å². The van der Waals surface area contributed by atoms with Crippen LogP contribution >= 0.6 is 0 Å². The normalized spacial score (nSPS) is 28.7. The third-order valence-electron chi connectivity index (χ3n) is 6.07. The zero-order chi connectivity index (χ0) is 20.6. The molecule has 160 valence electrons. The summed E-state index contributed by atoms with van der Waals surface area (Å²) >= 11 is 0. The second-order valence-corrected chi connectivity index (χ2v) is 10.8. The summed E-state index contributed by atoms with van der Waals surface area (Å²) in [5.41, 5.74) is 0.218. The van der Waals surface area contributed by atoms with Crippen LogP contribution in [0.2, 0.25) is 0 Å². The highest BCUT2D eigenvalue weighted by Gasteiger charge is 2.50. The van der Waals surface area contributed by atoms with E-state index in [0.717, 1.165) is 12.2 Å². The number of ether oxygens (including phenoxy) is 1. The van der Waals surface area contributed by atoms with Gasteiger partial charge in [0.25, 0.3) is 5.91 Å². The van der Waals surface area contributed by atoms with Gasteiger partial charge >= 0.3 is 0 Å². The lowest BCUT2D eigenvalue weighted by atomic mass is 9.98. The molecule has 0 aromatic carbocycles. The molecule has 2 atom stereocenters. The Morgan fingerprint density at radius 2 is 2.14 bits per heavy atom. The standard InChI is InChI=1S/C20H30N4O4S/c1-22(12-17-5-3-4-9-21-17)19(25)18-13-23(11-16-6-7-16)14-20(28-18)8-10-24(15-20)29(2,26)27/h3-5,9,16,18H,6-8,10-15H2,1-2H3/t18-,20-/m0/s1. The summed E-state index contributed by atoms with van der Waals surface area (Å²) in [4.78, 5) is 21.4. The van der Waals surface area contributed by atoms with Gasteiger partial charge in [-0.3, -0.25) is 14.7 Å². The quantitative estimate of drug-likeness (QED) is 0.666. The fourth-order valence-electron chi connectivity index (χ4n) is 4.39. The van der Waals surface area contributed by atoms with Gasteiger partial charge in [0.1, 0.15) is 6.10 Å². The number of carbonyl (C=O) groups is 1. The SMILES string of the molecule is CN(Cc1ccccn1)C(=O)[C@@H]1CN(CC2CC2)C[C@]2(CCN(S(C)(=O)=O)C2)O1. The van der Waals surface area contributed by atoms with E-state index in [4.69, 9.17) is 4.74 Å². The lowest BCUT2D eigenvalue weighted by Gasteiger charge is -2.44. The van der Waals surface area contributed by atoms with E-state index < -0.39 is 21.7 Å². The van der Waals surface area contributed by atoms with E-state index >= 15 is 0 Å². The van der Waals surface area contributed by atoms with Crippen molar-refractivity contribution in [1.82, 2.24) is 19.1 Å². The Labute approximate surface area is 172 Å². The largest absolute Gasteiger partial charge is 0.358 e. The molecule has 1 aromatic rings. The van der Waals surface area contributed by atoms with Crippen LogP contribution in [0.4, 0.5) is 0 Å². The van der Waals surface area contributed by atoms with E-state index in [0.29, 0.717) is 45.1 Å². The zero-order valence-electron chi connectivity index (χ0n) is 17.2. The van der Waals surface area contributed by atoms with Crippen LogP contribution in [-0.2, 0) is 26.1 Å². The summed E-state index contributed by atoms with van der Waals surface area (Å²) in [6.45, 7) is 3.38. The molecule has 8 nitrogen and oxygen atoms in total. The maximum Gasteiger partial charge on any atom is 0.253 e. The predicted octanol–water partition coefficient (Wildman–Crippen LogP) is 0.555. The predicted molar refractivity (Wildman–Crippen MR) is 109 cm³/mol. The Kier molecular flexibility index (Phi) is 5.67. The van der Waals surface area contributed by atoms with E-state index in [9.17, 15) is 13.2 Å². The minimum absolute atomic E-state index is 0.0756. The first-order valence-electron chi connectivity index (χ1n) is 10.2. The van der Waals surface area contributed by atoms with E-state index in [1.165, 1.54) is 23.4 Å². The molecule has 29 heavy (non-hydrogen) atoms. The van der Waals surface area contributed by atoms with Gasteiger partial charge < -0.3 is 9.64 Å². The third kappa shape index (κ3) is 4.96. The first kappa shape index (κ1) is 20.7. The number of hydrogen-bond donors (Lipinski definition) is 0. The maximum absolute atomic E-state index is 13.2. The zero-order valence-corrected chi connectivity index (χ0v) is 18.0. The molecule has 9 heteroatoms. The van der Waals surface area contributed by atoms with Crippen molar-refractivity contribution in [3.63, 3.8) is 0 Å². The van der Waals surface area contributed by atoms with E-state index in [1.807, 2.05) is 18.2 Å². The lowest BCUT2D eigenvalue weighted by molar-refractivity contribution is -0.176. The summed E-state index contributed by atoms with van der Waals surface area (Å²) < 4.78 is 31.9. The van der Waals surface area contributed by atoms with Crippen LogP contribution in [0.5, 0.6) is 0 Å². The van der Waals surface area contributed by atoms with Gasteiger partial charge in [0.2, 0.25) is 10.0 Å². The van der Waals surface area contributed by atoms with Crippen molar-refractivity contribution in [2.75, 3.05) is 46.0 Å². The van der Waals surface area contributed by atoms with Crippen molar-refractivity contribution in [3.05, 3.63) is 30.1 Å². The average molecular weight is 423 g/mol. The van der Waals surface area contributed by atoms with Crippen molar-refractivity contribution >= 4 is 15.9 Å². The van der Waals surface area contributed by atoms with Gasteiger partial charge in [0.05, 0.1) is 24.1 Å². The molecular formula is C20H30N4O4S. The van der Waals surface area contributed by atoms with E-state index in [1.54, 1.807) is 18.1 Å². The van der Waals surface area contributed by atoms with Crippen LogP contribution < -0.4 is 0 Å². The molecule has 2 aliphatic heterocycles. The van der Waals surface area contributed by atoms with Gasteiger partial charge in [0, 0.05) is 46.0 Å². The van der Waals surface area contributed by atoms with Crippen molar-refractivity contribution in [2.24, 2.45) is 5.92 Å². The molecule has 0 bridgehead atoms. The monoisotopic (exact) mass is 422 g/mol. The molecule has 1 amide bonds. The Bertz CT molecular complexity index is 845. The van der Waals surface area contributed by atoms with Gasteiger partial charge in [-0.25, -0.2) is 8.42 Å². The fourth-order valence-corrected chi connectivity index (χ4v) is 5.28. The van der Waals surface area contributed by atoms with Gasteiger partial charge in [-0.05, 0) is 37.3 Å². The topological polar surface area (TPSA) is 83.1 Å². The fraction of sp³-hybridized carbons (Fsp3) is 0.700. The number of pyridine rings is 1. The Morgan fingerprint density at radius 1 is 1.34 bits per heavy atom. The van der Waals surface area contributed by atoms with Crippen molar-refractivity contribution in [1.29, 1.82) is 0 Å². The molecule has 1 saturated carbocycles. The van der Waals surface area contributed by atoms with Crippen LogP contribution in [0.15, 0.2) is 24.4 Å². The van der Waals surface area contributed by atoms with Crippen LogP contribution in [0.25, 0.3) is 0 Å². The third-order valence-corrected chi connectivity index (χ3v) is 7.32. The van der Waals surface area contributed by atoms with Crippen LogP contribution in [0, 0.1) is 5.92 Å². The Morgan fingerprint density at radius 3 is 2.76 bits per heavy atom.